The van der Waals surface area contributed by atoms with Gasteiger partial charge < -0.3 is 10.1 Å². The standard InChI is InChI=1S/C18H20N2O4S/c1-25(22,23)20(14-11-12-14)17-10-6-5-9-16(17)19-18(21)13-24-15-7-3-2-4-8-15/h2-10,14H,11-13H2,1H3,(H,19,21). The number of benzene rings is 2. The molecule has 0 radical (unpaired) electrons. The number of anilines is 2. The second kappa shape index (κ2) is 7.14. The van der Waals surface area contributed by atoms with Gasteiger partial charge in [0, 0.05) is 6.04 Å². The van der Waals surface area contributed by atoms with E-state index in [-0.39, 0.29) is 18.6 Å². The molecule has 1 amide bonds. The molecule has 1 fully saturated rings. The van der Waals surface area contributed by atoms with E-state index in [1.54, 1.807) is 36.4 Å². The molecule has 1 N–H and O–H groups in total. The number of amides is 1. The van der Waals surface area contributed by atoms with Gasteiger partial charge in [0.2, 0.25) is 10.0 Å². The molecule has 7 heteroatoms. The van der Waals surface area contributed by atoms with E-state index in [2.05, 4.69) is 5.32 Å². The van der Waals surface area contributed by atoms with Crippen molar-refractivity contribution >= 4 is 27.3 Å². The predicted octanol–water partition coefficient (Wildman–Crippen LogP) is 2.63. The van der Waals surface area contributed by atoms with Crippen LogP contribution in [0, 0.1) is 0 Å². The molecule has 2 aromatic rings. The lowest BCUT2D eigenvalue weighted by Gasteiger charge is -2.24. The molecule has 0 spiro atoms. The van der Waals surface area contributed by atoms with Crippen LogP contribution in [0.1, 0.15) is 12.8 Å². The minimum Gasteiger partial charge on any atom is -0.484 e. The number of nitrogens with one attached hydrogen (secondary N) is 1. The molecule has 0 atom stereocenters. The van der Waals surface area contributed by atoms with Gasteiger partial charge in [-0.1, -0.05) is 30.3 Å². The van der Waals surface area contributed by atoms with Crippen molar-refractivity contribution < 1.29 is 17.9 Å². The molecule has 0 aromatic heterocycles. The van der Waals surface area contributed by atoms with E-state index < -0.39 is 10.0 Å². The number of sulfonamides is 1. The van der Waals surface area contributed by atoms with Crippen molar-refractivity contribution in [1.82, 2.24) is 0 Å². The van der Waals surface area contributed by atoms with E-state index in [0.29, 0.717) is 17.1 Å². The lowest BCUT2D eigenvalue weighted by atomic mass is 10.2. The summed E-state index contributed by atoms with van der Waals surface area (Å²) in [4.78, 5) is 12.2. The maximum Gasteiger partial charge on any atom is 0.262 e. The smallest absolute Gasteiger partial charge is 0.262 e. The fourth-order valence-corrected chi connectivity index (χ4v) is 3.85. The zero-order chi connectivity index (χ0) is 17.9. The van der Waals surface area contributed by atoms with Crippen LogP contribution in [0.3, 0.4) is 0 Å². The van der Waals surface area contributed by atoms with Crippen molar-refractivity contribution in [3.05, 3.63) is 54.6 Å². The summed E-state index contributed by atoms with van der Waals surface area (Å²) in [6.07, 6.45) is 2.83. The summed E-state index contributed by atoms with van der Waals surface area (Å²) in [6, 6.07) is 15.9. The van der Waals surface area contributed by atoms with Crippen LogP contribution in [-0.4, -0.2) is 33.2 Å². The van der Waals surface area contributed by atoms with E-state index >= 15 is 0 Å². The van der Waals surface area contributed by atoms with Gasteiger partial charge in [-0.25, -0.2) is 8.42 Å². The van der Waals surface area contributed by atoms with Crippen molar-refractivity contribution in [3.8, 4) is 5.75 Å². The predicted molar refractivity (Wildman–Crippen MR) is 97.4 cm³/mol. The first-order valence-electron chi connectivity index (χ1n) is 8.01. The minimum atomic E-state index is -3.42. The average molecular weight is 360 g/mol. The number of rotatable bonds is 7. The Hall–Kier alpha value is -2.54. The highest BCUT2D eigenvalue weighted by atomic mass is 32.2. The van der Waals surface area contributed by atoms with Crippen LogP contribution in [0.15, 0.2) is 54.6 Å². The van der Waals surface area contributed by atoms with Crippen LogP contribution in [0.25, 0.3) is 0 Å². The monoisotopic (exact) mass is 360 g/mol. The summed E-state index contributed by atoms with van der Waals surface area (Å²) < 4.78 is 31.1. The first-order valence-corrected chi connectivity index (χ1v) is 9.86. The van der Waals surface area contributed by atoms with Crippen LogP contribution < -0.4 is 14.4 Å². The molecule has 0 heterocycles. The lowest BCUT2D eigenvalue weighted by molar-refractivity contribution is -0.118. The van der Waals surface area contributed by atoms with Gasteiger partial charge in [0.05, 0.1) is 17.6 Å². The van der Waals surface area contributed by atoms with Crippen molar-refractivity contribution in [2.75, 3.05) is 22.5 Å². The third-order valence-corrected chi connectivity index (χ3v) is 4.97. The molecule has 1 saturated carbocycles. The normalized spacial score (nSPS) is 14.0. The number of ether oxygens (including phenoxy) is 1. The first kappa shape index (κ1) is 17.3. The lowest BCUT2D eigenvalue weighted by Crippen LogP contribution is -2.33. The Balaban J connectivity index is 1.73. The molecule has 25 heavy (non-hydrogen) atoms. The highest BCUT2D eigenvalue weighted by Gasteiger charge is 2.36. The Bertz CT molecular complexity index is 848. The van der Waals surface area contributed by atoms with Gasteiger partial charge >= 0.3 is 0 Å². The minimum absolute atomic E-state index is 0.0337. The average Bonchev–Trinajstić information content (AvgIpc) is 3.39. The molecule has 0 saturated heterocycles. The maximum atomic E-state index is 12.2. The van der Waals surface area contributed by atoms with Crippen molar-refractivity contribution in [3.63, 3.8) is 0 Å². The number of hydrogen-bond acceptors (Lipinski definition) is 4. The Labute approximate surface area is 147 Å². The zero-order valence-electron chi connectivity index (χ0n) is 13.9. The van der Waals surface area contributed by atoms with Crippen LogP contribution in [0.4, 0.5) is 11.4 Å². The van der Waals surface area contributed by atoms with Gasteiger partial charge in [-0.3, -0.25) is 9.10 Å². The fraction of sp³-hybridized carbons (Fsp3) is 0.278. The Morgan fingerprint density at radius 2 is 1.76 bits per heavy atom. The molecule has 1 aliphatic carbocycles. The van der Waals surface area contributed by atoms with Crippen molar-refractivity contribution in [2.45, 2.75) is 18.9 Å². The molecular weight excluding hydrogens is 340 g/mol. The second-order valence-corrected chi connectivity index (χ2v) is 7.82. The molecule has 3 rings (SSSR count). The molecule has 2 aromatic carbocycles. The van der Waals surface area contributed by atoms with Crippen LogP contribution in [-0.2, 0) is 14.8 Å². The fourth-order valence-electron chi connectivity index (χ4n) is 2.58. The summed E-state index contributed by atoms with van der Waals surface area (Å²) >= 11 is 0. The third kappa shape index (κ3) is 4.51. The molecule has 1 aliphatic rings. The SMILES string of the molecule is CS(=O)(=O)N(c1ccccc1NC(=O)COc1ccccc1)C1CC1. The first-order chi connectivity index (χ1) is 11.9. The highest BCUT2D eigenvalue weighted by molar-refractivity contribution is 7.92. The topological polar surface area (TPSA) is 75.7 Å². The van der Waals surface area contributed by atoms with Gasteiger partial charge in [-0.05, 0) is 37.1 Å². The van der Waals surface area contributed by atoms with Gasteiger partial charge in [0.25, 0.3) is 5.91 Å². The van der Waals surface area contributed by atoms with Crippen molar-refractivity contribution in [2.24, 2.45) is 0 Å². The zero-order valence-corrected chi connectivity index (χ0v) is 14.7. The van der Waals surface area contributed by atoms with E-state index in [0.717, 1.165) is 12.8 Å². The maximum absolute atomic E-state index is 12.2. The molecule has 0 aliphatic heterocycles. The van der Waals surface area contributed by atoms with Gasteiger partial charge in [-0.15, -0.1) is 0 Å². The molecular formula is C18H20N2O4S. The number of para-hydroxylation sites is 3. The summed E-state index contributed by atoms with van der Waals surface area (Å²) in [5, 5.41) is 2.75. The van der Waals surface area contributed by atoms with E-state index in [1.165, 1.54) is 10.6 Å². The van der Waals surface area contributed by atoms with Crippen LogP contribution in [0.5, 0.6) is 5.75 Å². The number of hydrogen-bond donors (Lipinski definition) is 1. The Morgan fingerprint density at radius 3 is 2.40 bits per heavy atom. The molecule has 6 nitrogen and oxygen atoms in total. The summed E-state index contributed by atoms with van der Waals surface area (Å²) in [6.45, 7) is -0.152. The number of carbonyl (C=O) groups excluding carboxylic acids is 1. The van der Waals surface area contributed by atoms with Crippen LogP contribution >= 0.6 is 0 Å². The summed E-state index contributed by atoms with van der Waals surface area (Å²) in [5.74, 6) is 0.252. The third-order valence-electron chi connectivity index (χ3n) is 3.76. The number of carbonyl (C=O) groups is 1. The quantitative estimate of drug-likeness (QED) is 0.824. The Kier molecular flexibility index (Phi) is 4.94. The Morgan fingerprint density at radius 1 is 1.12 bits per heavy atom. The van der Waals surface area contributed by atoms with Crippen molar-refractivity contribution in [1.29, 1.82) is 0 Å². The molecule has 132 valence electrons. The summed E-state index contributed by atoms with van der Waals surface area (Å²) in [5.41, 5.74) is 0.946. The van der Waals surface area contributed by atoms with Gasteiger partial charge in [-0.2, -0.15) is 0 Å². The molecule has 0 unspecified atom stereocenters. The van der Waals surface area contributed by atoms with E-state index in [4.69, 9.17) is 4.74 Å². The second-order valence-electron chi connectivity index (χ2n) is 5.96. The van der Waals surface area contributed by atoms with E-state index in [1.807, 2.05) is 18.2 Å². The highest BCUT2D eigenvalue weighted by Crippen LogP contribution is 2.37. The summed E-state index contributed by atoms with van der Waals surface area (Å²) in [7, 11) is -3.42. The number of nitrogens with zero attached hydrogens (tertiary/aromatic N) is 1. The van der Waals surface area contributed by atoms with E-state index in [9.17, 15) is 13.2 Å². The molecule has 0 bridgehead atoms. The van der Waals surface area contributed by atoms with Gasteiger partial charge in [0.15, 0.2) is 6.61 Å². The van der Waals surface area contributed by atoms with Crippen LogP contribution in [0.2, 0.25) is 0 Å². The largest absolute Gasteiger partial charge is 0.484 e. The van der Waals surface area contributed by atoms with Gasteiger partial charge in [0.1, 0.15) is 5.75 Å².